The zero-order valence-electron chi connectivity index (χ0n) is 11.7. The Morgan fingerprint density at radius 3 is 2.67 bits per heavy atom. The lowest BCUT2D eigenvalue weighted by Crippen LogP contribution is -2.38. The van der Waals surface area contributed by atoms with Crippen molar-refractivity contribution in [3.63, 3.8) is 0 Å². The normalized spacial score (nSPS) is 21.7. The minimum absolute atomic E-state index is 0.0576. The third kappa shape index (κ3) is 2.96. The number of nitrogens with two attached hydrogens (primary N) is 1. The van der Waals surface area contributed by atoms with Crippen LogP contribution in [-0.2, 0) is 6.42 Å². The molecule has 0 radical (unpaired) electrons. The van der Waals surface area contributed by atoms with Gasteiger partial charge in [0, 0.05) is 17.6 Å². The standard InChI is InChI=1S/C17H18F2N2/c18-13-5-1-3-11(9-13)14-6-2-4-12(17(14)19)10-16-15(20)7-8-21-16/h1-6,9,15-16,21H,7-8,10,20H2. The molecule has 21 heavy (non-hydrogen) atoms. The Kier molecular flexibility index (Phi) is 3.99. The Morgan fingerprint density at radius 2 is 1.95 bits per heavy atom. The zero-order chi connectivity index (χ0) is 14.8. The maximum atomic E-state index is 14.7. The molecule has 3 rings (SSSR count). The third-order valence-corrected chi connectivity index (χ3v) is 4.06. The predicted octanol–water partition coefficient (Wildman–Crippen LogP) is 2.86. The van der Waals surface area contributed by atoms with Gasteiger partial charge in [0.15, 0.2) is 0 Å². The van der Waals surface area contributed by atoms with E-state index >= 15 is 0 Å². The Hall–Kier alpha value is -1.78. The largest absolute Gasteiger partial charge is 0.326 e. The van der Waals surface area contributed by atoms with Gasteiger partial charge in [-0.25, -0.2) is 8.78 Å². The summed E-state index contributed by atoms with van der Waals surface area (Å²) >= 11 is 0. The highest BCUT2D eigenvalue weighted by atomic mass is 19.1. The van der Waals surface area contributed by atoms with Crippen LogP contribution in [0.1, 0.15) is 12.0 Å². The molecule has 2 atom stereocenters. The number of halogens is 2. The second kappa shape index (κ2) is 5.92. The molecule has 0 aliphatic carbocycles. The van der Waals surface area contributed by atoms with Crippen molar-refractivity contribution in [2.45, 2.75) is 24.9 Å². The van der Waals surface area contributed by atoms with E-state index in [4.69, 9.17) is 5.73 Å². The summed E-state index contributed by atoms with van der Waals surface area (Å²) in [7, 11) is 0. The zero-order valence-corrected chi connectivity index (χ0v) is 11.7. The first-order valence-corrected chi connectivity index (χ1v) is 7.17. The van der Waals surface area contributed by atoms with Crippen LogP contribution in [0, 0.1) is 11.6 Å². The molecule has 1 aliphatic rings. The maximum absolute atomic E-state index is 14.7. The highest BCUT2D eigenvalue weighted by molar-refractivity contribution is 5.65. The molecule has 1 fully saturated rings. The molecule has 2 nitrogen and oxygen atoms in total. The van der Waals surface area contributed by atoms with Crippen molar-refractivity contribution in [1.82, 2.24) is 5.32 Å². The fraction of sp³-hybridized carbons (Fsp3) is 0.294. The first kappa shape index (κ1) is 14.2. The molecule has 2 aromatic rings. The lowest BCUT2D eigenvalue weighted by molar-refractivity contribution is 0.520. The molecular weight excluding hydrogens is 270 g/mol. The number of nitrogens with one attached hydrogen (secondary N) is 1. The second-order valence-electron chi connectivity index (χ2n) is 5.51. The van der Waals surface area contributed by atoms with E-state index in [2.05, 4.69) is 5.32 Å². The van der Waals surface area contributed by atoms with Crippen LogP contribution in [0.2, 0.25) is 0 Å². The molecule has 110 valence electrons. The van der Waals surface area contributed by atoms with Crippen LogP contribution < -0.4 is 11.1 Å². The molecule has 0 saturated carbocycles. The molecule has 0 amide bonds. The lowest BCUT2D eigenvalue weighted by atomic mass is 9.96. The summed E-state index contributed by atoms with van der Waals surface area (Å²) in [6, 6.07) is 11.4. The Morgan fingerprint density at radius 1 is 1.14 bits per heavy atom. The third-order valence-electron chi connectivity index (χ3n) is 4.06. The van der Waals surface area contributed by atoms with Gasteiger partial charge in [-0.1, -0.05) is 30.3 Å². The number of hydrogen-bond acceptors (Lipinski definition) is 2. The SMILES string of the molecule is NC1CCNC1Cc1cccc(-c2cccc(F)c2)c1F. The first-order chi connectivity index (χ1) is 10.1. The van der Waals surface area contributed by atoms with Crippen LogP contribution in [-0.4, -0.2) is 18.6 Å². The molecule has 0 aromatic heterocycles. The van der Waals surface area contributed by atoms with E-state index in [1.165, 1.54) is 12.1 Å². The molecular formula is C17H18F2N2. The van der Waals surface area contributed by atoms with Crippen molar-refractivity contribution < 1.29 is 8.78 Å². The van der Waals surface area contributed by atoms with E-state index in [1.54, 1.807) is 30.3 Å². The summed E-state index contributed by atoms with van der Waals surface area (Å²) in [4.78, 5) is 0. The molecule has 0 spiro atoms. The molecule has 1 heterocycles. The van der Waals surface area contributed by atoms with Crippen molar-refractivity contribution in [3.05, 3.63) is 59.7 Å². The Labute approximate surface area is 123 Å². The first-order valence-electron chi connectivity index (χ1n) is 7.17. The maximum Gasteiger partial charge on any atom is 0.134 e. The van der Waals surface area contributed by atoms with Crippen LogP contribution in [0.15, 0.2) is 42.5 Å². The highest BCUT2D eigenvalue weighted by Gasteiger charge is 2.24. The van der Waals surface area contributed by atoms with Crippen LogP contribution >= 0.6 is 0 Å². The summed E-state index contributed by atoms with van der Waals surface area (Å²) in [6.45, 7) is 0.872. The van der Waals surface area contributed by atoms with Gasteiger partial charge in [-0.2, -0.15) is 0 Å². The van der Waals surface area contributed by atoms with Crippen molar-refractivity contribution in [2.24, 2.45) is 5.73 Å². The van der Waals surface area contributed by atoms with Crippen LogP contribution in [0.25, 0.3) is 11.1 Å². The molecule has 1 aliphatic heterocycles. The van der Waals surface area contributed by atoms with E-state index < -0.39 is 0 Å². The predicted molar refractivity (Wildman–Crippen MR) is 79.9 cm³/mol. The molecule has 2 aromatic carbocycles. The second-order valence-corrected chi connectivity index (χ2v) is 5.51. The Bertz CT molecular complexity index is 642. The van der Waals surface area contributed by atoms with Gasteiger partial charge in [-0.15, -0.1) is 0 Å². The number of rotatable bonds is 3. The van der Waals surface area contributed by atoms with Gasteiger partial charge in [-0.3, -0.25) is 0 Å². The van der Waals surface area contributed by atoms with Gasteiger partial charge in [0.25, 0.3) is 0 Å². The van der Waals surface area contributed by atoms with Crippen molar-refractivity contribution in [1.29, 1.82) is 0 Å². The van der Waals surface area contributed by atoms with Crippen LogP contribution in [0.4, 0.5) is 8.78 Å². The molecule has 0 bridgehead atoms. The minimum Gasteiger partial charge on any atom is -0.326 e. The van der Waals surface area contributed by atoms with Gasteiger partial charge < -0.3 is 11.1 Å². The average molecular weight is 288 g/mol. The van der Waals surface area contributed by atoms with Gasteiger partial charge >= 0.3 is 0 Å². The monoisotopic (exact) mass is 288 g/mol. The van der Waals surface area contributed by atoms with Crippen LogP contribution in [0.3, 0.4) is 0 Å². The average Bonchev–Trinajstić information content (AvgIpc) is 2.86. The van der Waals surface area contributed by atoms with Crippen molar-refractivity contribution in [2.75, 3.05) is 6.54 Å². The summed E-state index contributed by atoms with van der Waals surface area (Å²) in [5, 5.41) is 3.30. The summed E-state index contributed by atoms with van der Waals surface area (Å²) in [6.07, 6.45) is 1.46. The van der Waals surface area contributed by atoms with Gasteiger partial charge in [0.2, 0.25) is 0 Å². The van der Waals surface area contributed by atoms with E-state index in [0.29, 0.717) is 23.1 Å². The van der Waals surface area contributed by atoms with Gasteiger partial charge in [0.05, 0.1) is 0 Å². The topological polar surface area (TPSA) is 38.0 Å². The van der Waals surface area contributed by atoms with Gasteiger partial charge in [-0.05, 0) is 42.6 Å². The van der Waals surface area contributed by atoms with Crippen LogP contribution in [0.5, 0.6) is 0 Å². The Balaban J connectivity index is 1.91. The number of benzene rings is 2. The van der Waals surface area contributed by atoms with Crippen molar-refractivity contribution in [3.8, 4) is 11.1 Å². The fourth-order valence-corrected chi connectivity index (χ4v) is 2.86. The summed E-state index contributed by atoms with van der Waals surface area (Å²) in [5.41, 5.74) is 7.61. The van der Waals surface area contributed by atoms with Crippen molar-refractivity contribution >= 4 is 0 Å². The molecule has 1 saturated heterocycles. The van der Waals surface area contributed by atoms with Gasteiger partial charge in [0.1, 0.15) is 11.6 Å². The van der Waals surface area contributed by atoms with E-state index in [9.17, 15) is 8.78 Å². The molecule has 4 heteroatoms. The molecule has 2 unspecified atom stereocenters. The highest BCUT2D eigenvalue weighted by Crippen LogP contribution is 2.26. The fourth-order valence-electron chi connectivity index (χ4n) is 2.86. The molecule has 3 N–H and O–H groups in total. The smallest absolute Gasteiger partial charge is 0.134 e. The summed E-state index contributed by atoms with van der Waals surface area (Å²) < 4.78 is 28.0. The lowest BCUT2D eigenvalue weighted by Gasteiger charge is -2.17. The van der Waals surface area contributed by atoms with E-state index in [1.807, 2.05) is 0 Å². The van der Waals surface area contributed by atoms with E-state index in [-0.39, 0.29) is 23.7 Å². The summed E-state index contributed by atoms with van der Waals surface area (Å²) in [5.74, 6) is -0.652. The number of hydrogen-bond donors (Lipinski definition) is 2. The minimum atomic E-state index is -0.364. The quantitative estimate of drug-likeness (QED) is 0.911. The van der Waals surface area contributed by atoms with E-state index in [0.717, 1.165) is 13.0 Å².